The van der Waals surface area contributed by atoms with Gasteiger partial charge in [0.15, 0.2) is 27.2 Å². The highest BCUT2D eigenvalue weighted by molar-refractivity contribution is 7.90. The van der Waals surface area contributed by atoms with Crippen molar-refractivity contribution < 1.29 is 27.0 Å². The molecule has 0 saturated carbocycles. The first-order valence-corrected chi connectivity index (χ1v) is 11.6. The van der Waals surface area contributed by atoms with E-state index in [0.717, 1.165) is 23.1 Å². The van der Waals surface area contributed by atoms with Crippen molar-refractivity contribution in [2.45, 2.75) is 18.2 Å². The quantitative estimate of drug-likeness (QED) is 0.550. The number of nitrogens with zero attached hydrogens (tertiary/aromatic N) is 2. The molecular weight excluding hydrogens is 442 g/mol. The lowest BCUT2D eigenvalue weighted by Crippen LogP contribution is -2.24. The van der Waals surface area contributed by atoms with Crippen LogP contribution in [0.15, 0.2) is 58.4 Å². The van der Waals surface area contributed by atoms with E-state index >= 15 is 0 Å². The van der Waals surface area contributed by atoms with Crippen LogP contribution >= 0.6 is 0 Å². The zero-order chi connectivity index (χ0) is 23.5. The maximum Gasteiger partial charge on any atom is 0.314 e. The van der Waals surface area contributed by atoms with Crippen LogP contribution in [0.1, 0.15) is 13.3 Å². The number of halogens is 2. The monoisotopic (exact) mass is 464 g/mol. The minimum Gasteiger partial charge on any atom is -0.487 e. The van der Waals surface area contributed by atoms with Gasteiger partial charge in [-0.15, -0.1) is 0 Å². The summed E-state index contributed by atoms with van der Waals surface area (Å²) in [5, 5.41) is 13.3. The first-order chi connectivity index (χ1) is 15.1. The van der Waals surface area contributed by atoms with E-state index in [1.54, 1.807) is 0 Å². The molecule has 0 fully saturated rings. The maximum atomic E-state index is 13.7. The molecule has 0 amide bonds. The van der Waals surface area contributed by atoms with Crippen LogP contribution in [0.5, 0.6) is 5.75 Å². The van der Waals surface area contributed by atoms with Crippen molar-refractivity contribution in [3.63, 3.8) is 0 Å². The number of aliphatic hydroxyl groups excluding tert-OH is 1. The lowest BCUT2D eigenvalue weighted by atomic mass is 10.1. The van der Waals surface area contributed by atoms with Gasteiger partial charge in [-0.3, -0.25) is 4.79 Å². The van der Waals surface area contributed by atoms with Crippen LogP contribution in [0.4, 0.5) is 8.78 Å². The van der Waals surface area contributed by atoms with Crippen molar-refractivity contribution in [3.05, 3.63) is 70.6 Å². The summed E-state index contributed by atoms with van der Waals surface area (Å²) in [5.41, 5.74) is 0.119. The normalized spacial score (nSPS) is 12.5. The SMILES string of the molecule is CC(CO)CCOc1c(-c2ccc(S(C)(=O)=O)cc2)cnn(-c2ccc(F)c(F)c2)c1=O. The summed E-state index contributed by atoms with van der Waals surface area (Å²) in [6.45, 7) is 1.89. The molecule has 7 nitrogen and oxygen atoms in total. The van der Waals surface area contributed by atoms with Crippen LogP contribution < -0.4 is 10.3 Å². The standard InChI is InChI=1S/C22H22F2N2O5S/c1-14(13-27)9-10-31-21-18(15-3-6-17(7-4-15)32(2,29)30)12-25-26(22(21)28)16-5-8-19(23)20(24)11-16/h3-8,11-12,14,27H,9-10,13H2,1-2H3. The molecular formula is C22H22F2N2O5S. The van der Waals surface area contributed by atoms with E-state index < -0.39 is 27.0 Å². The van der Waals surface area contributed by atoms with E-state index in [9.17, 15) is 27.1 Å². The van der Waals surface area contributed by atoms with Gasteiger partial charge >= 0.3 is 5.56 Å². The van der Waals surface area contributed by atoms with E-state index in [1.165, 1.54) is 36.5 Å². The predicted octanol–water partition coefficient (Wildman–Crippen LogP) is 2.98. The van der Waals surface area contributed by atoms with Crippen molar-refractivity contribution in [1.29, 1.82) is 0 Å². The number of aliphatic hydroxyl groups is 1. The lowest BCUT2D eigenvalue weighted by molar-refractivity contribution is 0.201. The van der Waals surface area contributed by atoms with Gasteiger partial charge in [0.2, 0.25) is 0 Å². The summed E-state index contributed by atoms with van der Waals surface area (Å²) >= 11 is 0. The first kappa shape index (κ1) is 23.6. The molecule has 1 atom stereocenters. The third kappa shape index (κ3) is 5.20. The number of hydrogen-bond acceptors (Lipinski definition) is 6. The lowest BCUT2D eigenvalue weighted by Gasteiger charge is -2.15. The topological polar surface area (TPSA) is 98.5 Å². The predicted molar refractivity (Wildman–Crippen MR) is 115 cm³/mol. The molecule has 1 N–H and O–H groups in total. The van der Waals surface area contributed by atoms with Crippen LogP contribution in [0, 0.1) is 17.6 Å². The van der Waals surface area contributed by atoms with Crippen molar-refractivity contribution in [3.8, 4) is 22.6 Å². The molecule has 0 radical (unpaired) electrons. The second-order valence-corrected chi connectivity index (χ2v) is 9.44. The second kappa shape index (κ2) is 9.58. The average Bonchev–Trinajstić information content (AvgIpc) is 2.76. The number of sulfone groups is 1. The van der Waals surface area contributed by atoms with Crippen molar-refractivity contribution in [2.24, 2.45) is 5.92 Å². The zero-order valence-corrected chi connectivity index (χ0v) is 18.3. The Bertz CT molecular complexity index is 1270. The number of benzene rings is 2. The Hall–Kier alpha value is -3.11. The van der Waals surface area contributed by atoms with Gasteiger partial charge in [0.1, 0.15) is 0 Å². The molecule has 0 aliphatic rings. The molecule has 0 aliphatic heterocycles. The Morgan fingerprint density at radius 1 is 1.12 bits per heavy atom. The molecule has 32 heavy (non-hydrogen) atoms. The Morgan fingerprint density at radius 2 is 1.81 bits per heavy atom. The van der Waals surface area contributed by atoms with Crippen LogP contribution in [0.25, 0.3) is 16.8 Å². The maximum absolute atomic E-state index is 13.7. The Morgan fingerprint density at radius 3 is 2.41 bits per heavy atom. The Labute approximate surface area is 183 Å². The van der Waals surface area contributed by atoms with Crippen LogP contribution in [-0.2, 0) is 9.84 Å². The van der Waals surface area contributed by atoms with Crippen molar-refractivity contribution >= 4 is 9.84 Å². The molecule has 3 rings (SSSR count). The summed E-state index contributed by atoms with van der Waals surface area (Å²) in [4.78, 5) is 13.3. The van der Waals surface area contributed by atoms with Crippen LogP contribution in [-0.4, -0.2) is 42.8 Å². The number of hydrogen-bond donors (Lipinski definition) is 1. The van der Waals surface area contributed by atoms with E-state index in [-0.39, 0.29) is 35.5 Å². The molecule has 1 unspecified atom stereocenters. The molecule has 0 aliphatic carbocycles. The largest absolute Gasteiger partial charge is 0.487 e. The van der Waals surface area contributed by atoms with Gasteiger partial charge in [0, 0.05) is 24.5 Å². The fourth-order valence-corrected chi connectivity index (χ4v) is 3.55. The summed E-state index contributed by atoms with van der Waals surface area (Å²) in [5.74, 6) is -2.32. The van der Waals surface area contributed by atoms with E-state index in [1.807, 2.05) is 6.92 Å². The molecule has 0 bridgehead atoms. The van der Waals surface area contributed by atoms with Crippen LogP contribution in [0.3, 0.4) is 0 Å². The molecule has 170 valence electrons. The molecule has 10 heteroatoms. The Balaban J connectivity index is 2.08. The molecule has 1 aromatic heterocycles. The summed E-state index contributed by atoms with van der Waals surface area (Å²) in [6, 6.07) is 8.81. The number of rotatable bonds is 8. The third-order valence-corrected chi connectivity index (χ3v) is 5.97. The van der Waals surface area contributed by atoms with Crippen LogP contribution in [0.2, 0.25) is 0 Å². The van der Waals surface area contributed by atoms with Gasteiger partial charge in [-0.05, 0) is 42.2 Å². The van der Waals surface area contributed by atoms with Crippen molar-refractivity contribution in [1.82, 2.24) is 9.78 Å². The number of aromatic nitrogens is 2. The van der Waals surface area contributed by atoms with Gasteiger partial charge in [0.25, 0.3) is 0 Å². The minimum atomic E-state index is -3.40. The van der Waals surface area contributed by atoms with E-state index in [4.69, 9.17) is 4.74 Å². The Kier molecular flexibility index (Phi) is 7.05. The average molecular weight is 464 g/mol. The zero-order valence-electron chi connectivity index (χ0n) is 17.5. The highest BCUT2D eigenvalue weighted by Crippen LogP contribution is 2.28. The van der Waals surface area contributed by atoms with Gasteiger partial charge in [-0.2, -0.15) is 9.78 Å². The van der Waals surface area contributed by atoms with E-state index in [2.05, 4.69) is 5.10 Å². The van der Waals surface area contributed by atoms with Gasteiger partial charge in [-0.1, -0.05) is 19.1 Å². The second-order valence-electron chi connectivity index (χ2n) is 7.42. The molecule has 0 saturated heterocycles. The first-order valence-electron chi connectivity index (χ1n) is 9.73. The van der Waals surface area contributed by atoms with Gasteiger partial charge < -0.3 is 9.84 Å². The van der Waals surface area contributed by atoms with Gasteiger partial charge in [0.05, 0.1) is 23.4 Å². The highest BCUT2D eigenvalue weighted by Gasteiger charge is 2.18. The third-order valence-electron chi connectivity index (χ3n) is 4.84. The fraction of sp³-hybridized carbons (Fsp3) is 0.273. The molecule has 2 aromatic carbocycles. The summed E-state index contributed by atoms with van der Waals surface area (Å²) in [7, 11) is -3.40. The minimum absolute atomic E-state index is 0.0152. The smallest absolute Gasteiger partial charge is 0.314 e. The van der Waals surface area contributed by atoms with E-state index in [0.29, 0.717) is 17.5 Å². The van der Waals surface area contributed by atoms with Crippen molar-refractivity contribution in [2.75, 3.05) is 19.5 Å². The molecule has 1 heterocycles. The summed E-state index contributed by atoms with van der Waals surface area (Å²) in [6.07, 6.45) is 2.89. The number of ether oxygens (including phenoxy) is 1. The fourth-order valence-electron chi connectivity index (χ4n) is 2.92. The highest BCUT2D eigenvalue weighted by atomic mass is 32.2. The summed E-state index contributed by atoms with van der Waals surface area (Å²) < 4.78 is 57.1. The van der Waals surface area contributed by atoms with Gasteiger partial charge in [-0.25, -0.2) is 17.2 Å². The molecule has 3 aromatic rings. The molecule has 0 spiro atoms.